The first-order valence-corrected chi connectivity index (χ1v) is 8.34. The summed E-state index contributed by atoms with van der Waals surface area (Å²) in [4.78, 5) is 0. The van der Waals surface area contributed by atoms with Crippen LogP contribution in [-0.4, -0.2) is 23.3 Å². The first-order chi connectivity index (χ1) is 11.1. The summed E-state index contributed by atoms with van der Waals surface area (Å²) in [6, 6.07) is 8.98. The molecular formula is C18H25N3O2. The third kappa shape index (κ3) is 3.49. The highest BCUT2D eigenvalue weighted by atomic mass is 16.5. The van der Waals surface area contributed by atoms with Crippen molar-refractivity contribution in [3.63, 3.8) is 0 Å². The molecule has 1 fully saturated rings. The van der Waals surface area contributed by atoms with Crippen LogP contribution in [-0.2, 0) is 5.41 Å². The first kappa shape index (κ1) is 15.8. The van der Waals surface area contributed by atoms with Crippen LogP contribution in [0.5, 0.6) is 5.75 Å². The number of nitrogens with one attached hydrogen (secondary N) is 1. The van der Waals surface area contributed by atoms with Gasteiger partial charge in [0.15, 0.2) is 0 Å². The van der Waals surface area contributed by atoms with Gasteiger partial charge in [0.2, 0.25) is 5.89 Å². The molecule has 1 aromatic carbocycles. The zero-order valence-corrected chi connectivity index (χ0v) is 14.1. The van der Waals surface area contributed by atoms with Crippen LogP contribution in [0.25, 0.3) is 0 Å². The Hall–Kier alpha value is -2.04. The molecule has 1 heterocycles. The lowest BCUT2D eigenvalue weighted by Crippen LogP contribution is -2.22. The van der Waals surface area contributed by atoms with Gasteiger partial charge in [0, 0.05) is 6.04 Å². The average molecular weight is 315 g/mol. The Morgan fingerprint density at radius 2 is 1.78 bits per heavy atom. The molecule has 5 nitrogen and oxygen atoms in total. The molecule has 0 amide bonds. The lowest BCUT2D eigenvalue weighted by Gasteiger charge is -2.22. The predicted molar refractivity (Wildman–Crippen MR) is 89.9 cm³/mol. The summed E-state index contributed by atoms with van der Waals surface area (Å²) in [7, 11) is 1.67. The molecule has 3 rings (SSSR count). The van der Waals surface area contributed by atoms with Gasteiger partial charge in [-0.2, -0.15) is 0 Å². The third-order valence-corrected chi connectivity index (χ3v) is 4.70. The topological polar surface area (TPSA) is 60.2 Å². The van der Waals surface area contributed by atoms with Crippen LogP contribution in [0.1, 0.15) is 57.4 Å². The van der Waals surface area contributed by atoms with Crippen LogP contribution in [0, 0.1) is 0 Å². The Bertz CT molecular complexity index is 628. The highest BCUT2D eigenvalue weighted by Crippen LogP contribution is 2.32. The smallest absolute Gasteiger partial charge is 0.315 e. The second-order valence-corrected chi connectivity index (χ2v) is 6.75. The van der Waals surface area contributed by atoms with Crippen molar-refractivity contribution in [2.75, 3.05) is 12.4 Å². The highest BCUT2D eigenvalue weighted by molar-refractivity contribution is 5.35. The molecular weight excluding hydrogens is 290 g/mol. The van der Waals surface area contributed by atoms with Gasteiger partial charge in [-0.3, -0.25) is 0 Å². The van der Waals surface area contributed by atoms with Crippen molar-refractivity contribution in [2.45, 2.75) is 57.4 Å². The fraction of sp³-hybridized carbons (Fsp3) is 0.556. The van der Waals surface area contributed by atoms with E-state index in [9.17, 15) is 0 Å². The van der Waals surface area contributed by atoms with Gasteiger partial charge in [-0.1, -0.05) is 36.5 Å². The van der Waals surface area contributed by atoms with Crippen molar-refractivity contribution >= 4 is 6.01 Å². The summed E-state index contributed by atoms with van der Waals surface area (Å²) in [5.41, 5.74) is 0.775. The van der Waals surface area contributed by atoms with E-state index in [1.54, 1.807) is 7.11 Å². The average Bonchev–Trinajstić information content (AvgIpc) is 3.05. The van der Waals surface area contributed by atoms with Crippen molar-refractivity contribution in [3.05, 3.63) is 35.7 Å². The van der Waals surface area contributed by atoms with E-state index in [0.29, 0.717) is 17.9 Å². The molecule has 0 radical (unpaired) electrons. The molecule has 5 heteroatoms. The van der Waals surface area contributed by atoms with E-state index in [4.69, 9.17) is 9.15 Å². The second-order valence-electron chi connectivity index (χ2n) is 6.75. The standard InChI is InChI=1S/C18H25N3O2/c1-18(2,13-9-11-15(22-3)12-10-13)16-20-21-17(23-16)19-14-7-5-4-6-8-14/h9-12,14H,4-8H2,1-3H3,(H,19,21). The second kappa shape index (κ2) is 6.60. The number of hydrogen-bond donors (Lipinski definition) is 1. The third-order valence-electron chi connectivity index (χ3n) is 4.70. The van der Waals surface area contributed by atoms with Gasteiger partial charge in [0.05, 0.1) is 12.5 Å². The summed E-state index contributed by atoms with van der Waals surface area (Å²) in [6.07, 6.45) is 6.24. The van der Waals surface area contributed by atoms with Crippen LogP contribution in [0.2, 0.25) is 0 Å². The Morgan fingerprint density at radius 3 is 2.43 bits per heavy atom. The lowest BCUT2D eigenvalue weighted by molar-refractivity contribution is 0.403. The minimum Gasteiger partial charge on any atom is -0.497 e. The van der Waals surface area contributed by atoms with Crippen LogP contribution in [0.15, 0.2) is 28.7 Å². The van der Waals surface area contributed by atoms with Crippen molar-refractivity contribution in [1.29, 1.82) is 0 Å². The molecule has 1 saturated carbocycles. The van der Waals surface area contributed by atoms with Crippen molar-refractivity contribution < 1.29 is 9.15 Å². The molecule has 0 spiro atoms. The maximum Gasteiger partial charge on any atom is 0.315 e. The first-order valence-electron chi connectivity index (χ1n) is 8.34. The Morgan fingerprint density at radius 1 is 1.09 bits per heavy atom. The lowest BCUT2D eigenvalue weighted by atomic mass is 9.84. The summed E-state index contributed by atoms with van der Waals surface area (Å²) in [6.45, 7) is 4.18. The maximum absolute atomic E-state index is 5.90. The number of benzene rings is 1. The fourth-order valence-electron chi connectivity index (χ4n) is 3.09. The van der Waals surface area contributed by atoms with Gasteiger partial charge >= 0.3 is 6.01 Å². The van der Waals surface area contributed by atoms with Gasteiger partial charge in [0.25, 0.3) is 0 Å². The number of methoxy groups -OCH3 is 1. The van der Waals surface area contributed by atoms with E-state index in [1.807, 2.05) is 24.3 Å². The maximum atomic E-state index is 5.90. The molecule has 1 aliphatic carbocycles. The number of nitrogens with zero attached hydrogens (tertiary/aromatic N) is 2. The van der Waals surface area contributed by atoms with E-state index in [0.717, 1.165) is 11.3 Å². The number of aromatic nitrogens is 2. The number of anilines is 1. The quantitative estimate of drug-likeness (QED) is 0.898. The van der Waals surface area contributed by atoms with E-state index in [2.05, 4.69) is 29.4 Å². The molecule has 23 heavy (non-hydrogen) atoms. The fourth-order valence-corrected chi connectivity index (χ4v) is 3.09. The number of ether oxygens (including phenoxy) is 1. The molecule has 0 unspecified atom stereocenters. The summed E-state index contributed by atoms with van der Waals surface area (Å²) >= 11 is 0. The molecule has 0 saturated heterocycles. The molecule has 1 aromatic heterocycles. The highest BCUT2D eigenvalue weighted by Gasteiger charge is 2.30. The van der Waals surface area contributed by atoms with Crippen LogP contribution >= 0.6 is 0 Å². The van der Waals surface area contributed by atoms with E-state index >= 15 is 0 Å². The Balaban J connectivity index is 1.74. The van der Waals surface area contributed by atoms with Crippen LogP contribution in [0.3, 0.4) is 0 Å². The van der Waals surface area contributed by atoms with Gasteiger partial charge in [-0.05, 0) is 44.4 Å². The molecule has 124 valence electrons. The largest absolute Gasteiger partial charge is 0.497 e. The monoisotopic (exact) mass is 315 g/mol. The van der Waals surface area contributed by atoms with Gasteiger partial charge in [-0.15, -0.1) is 5.10 Å². The van der Waals surface area contributed by atoms with E-state index in [1.165, 1.54) is 32.1 Å². The summed E-state index contributed by atoms with van der Waals surface area (Å²) in [5.74, 6) is 1.47. The minimum absolute atomic E-state index is 0.342. The normalized spacial score (nSPS) is 16.3. The van der Waals surface area contributed by atoms with Crippen molar-refractivity contribution in [3.8, 4) is 5.75 Å². The molecule has 1 N–H and O–H groups in total. The number of rotatable bonds is 5. The zero-order chi connectivity index (χ0) is 16.3. The van der Waals surface area contributed by atoms with Gasteiger partial charge in [-0.25, -0.2) is 0 Å². The van der Waals surface area contributed by atoms with Crippen molar-refractivity contribution in [2.24, 2.45) is 0 Å². The Kier molecular flexibility index (Phi) is 4.55. The van der Waals surface area contributed by atoms with Gasteiger partial charge < -0.3 is 14.5 Å². The minimum atomic E-state index is -0.342. The molecule has 0 atom stereocenters. The van der Waals surface area contributed by atoms with Crippen LogP contribution in [0.4, 0.5) is 6.01 Å². The Labute approximate surface area is 137 Å². The van der Waals surface area contributed by atoms with Gasteiger partial charge in [0.1, 0.15) is 5.75 Å². The molecule has 1 aliphatic rings. The number of hydrogen-bond acceptors (Lipinski definition) is 5. The zero-order valence-electron chi connectivity index (χ0n) is 14.1. The molecule has 0 aliphatic heterocycles. The van der Waals surface area contributed by atoms with Crippen LogP contribution < -0.4 is 10.1 Å². The SMILES string of the molecule is COc1ccc(C(C)(C)c2nnc(NC3CCCCC3)o2)cc1. The summed E-state index contributed by atoms with van der Waals surface area (Å²) < 4.78 is 11.1. The summed E-state index contributed by atoms with van der Waals surface area (Å²) in [5, 5.41) is 11.8. The van der Waals surface area contributed by atoms with E-state index < -0.39 is 0 Å². The van der Waals surface area contributed by atoms with E-state index in [-0.39, 0.29) is 5.41 Å². The molecule has 0 bridgehead atoms. The van der Waals surface area contributed by atoms with Crippen molar-refractivity contribution in [1.82, 2.24) is 10.2 Å². The predicted octanol–water partition coefficient (Wildman–Crippen LogP) is 4.15. The molecule has 2 aromatic rings.